The van der Waals surface area contributed by atoms with Crippen LogP contribution in [0.15, 0.2) is 11.1 Å². The molecule has 4 unspecified atom stereocenters. The van der Waals surface area contributed by atoms with Crippen molar-refractivity contribution in [3.63, 3.8) is 0 Å². The van der Waals surface area contributed by atoms with Crippen LogP contribution in [0.4, 0.5) is 0 Å². The topological polar surface area (TPSA) is 26.3 Å². The van der Waals surface area contributed by atoms with Crippen molar-refractivity contribution in [3.05, 3.63) is 11.1 Å². The molecule has 2 fully saturated rings. The number of fused-ring (bicyclic) bond motifs is 5. The number of esters is 1. The number of allylic oxidation sites excluding steroid dienone is 2. The second-order valence-corrected chi connectivity index (χ2v) is 7.12. The summed E-state index contributed by atoms with van der Waals surface area (Å²) < 4.78 is 5.47. The van der Waals surface area contributed by atoms with Gasteiger partial charge >= 0.3 is 5.97 Å². The lowest BCUT2D eigenvalue weighted by Gasteiger charge is -2.49. The summed E-state index contributed by atoms with van der Waals surface area (Å²) in [7, 11) is 0. The van der Waals surface area contributed by atoms with E-state index in [9.17, 15) is 4.79 Å². The molecule has 3 rings (SSSR count). The van der Waals surface area contributed by atoms with E-state index in [1.165, 1.54) is 11.1 Å². The molecule has 94 valence electrons. The number of ether oxygens (including phenoxy) is 1. The highest BCUT2D eigenvalue weighted by atomic mass is 16.5. The molecule has 17 heavy (non-hydrogen) atoms. The van der Waals surface area contributed by atoms with E-state index in [0.29, 0.717) is 6.61 Å². The Morgan fingerprint density at radius 3 is 2.12 bits per heavy atom. The zero-order chi connectivity index (χ0) is 12.9. The normalized spacial score (nSPS) is 56.5. The fourth-order valence-corrected chi connectivity index (χ4v) is 5.23. The Morgan fingerprint density at radius 1 is 1.00 bits per heavy atom. The van der Waals surface area contributed by atoms with Gasteiger partial charge in [0.1, 0.15) is 0 Å². The Labute approximate surface area is 103 Å². The Bertz CT molecular complexity index is 477. The third-order valence-electron chi connectivity index (χ3n) is 7.25. The fourth-order valence-electron chi connectivity index (χ4n) is 5.23. The van der Waals surface area contributed by atoms with Gasteiger partial charge in [-0.3, -0.25) is 4.79 Å². The largest absolute Gasteiger partial charge is 0.465 e. The van der Waals surface area contributed by atoms with Crippen LogP contribution < -0.4 is 0 Å². The van der Waals surface area contributed by atoms with Gasteiger partial charge in [0.05, 0.1) is 12.0 Å². The lowest BCUT2D eigenvalue weighted by atomic mass is 9.50. The third kappa shape index (κ3) is 0.732. The van der Waals surface area contributed by atoms with Crippen LogP contribution in [0.25, 0.3) is 0 Å². The molecule has 0 spiro atoms. The summed E-state index contributed by atoms with van der Waals surface area (Å²) in [4.78, 5) is 12.3. The number of hydrogen-bond donors (Lipinski definition) is 0. The standard InChI is InChI=1S/C15H22O2/c1-9-10(2)13(4)7-12(9,3)14(5)8-17-11(16)15(13,14)6/h7-8H2,1-6H3. The van der Waals surface area contributed by atoms with Crippen LogP contribution in [0.5, 0.6) is 0 Å². The van der Waals surface area contributed by atoms with Crippen molar-refractivity contribution in [3.8, 4) is 0 Å². The predicted octanol–water partition coefficient (Wildman–Crippen LogP) is 3.32. The summed E-state index contributed by atoms with van der Waals surface area (Å²) in [5.74, 6) is 0.0121. The molecule has 2 nitrogen and oxygen atoms in total. The van der Waals surface area contributed by atoms with Crippen molar-refractivity contribution in [1.82, 2.24) is 0 Å². The zero-order valence-electron chi connectivity index (χ0n) is 11.7. The van der Waals surface area contributed by atoms with E-state index >= 15 is 0 Å². The second-order valence-electron chi connectivity index (χ2n) is 7.12. The number of carbonyl (C=O) groups excluding carboxylic acids is 1. The summed E-state index contributed by atoms with van der Waals surface area (Å²) in [6.07, 6.45) is 1.10. The average molecular weight is 234 g/mol. The Morgan fingerprint density at radius 2 is 1.53 bits per heavy atom. The lowest BCUT2D eigenvalue weighted by Crippen LogP contribution is -2.51. The maximum absolute atomic E-state index is 12.3. The summed E-state index contributed by atoms with van der Waals surface area (Å²) in [5, 5.41) is 0. The minimum absolute atomic E-state index is 0.0121. The quantitative estimate of drug-likeness (QED) is 0.475. The van der Waals surface area contributed by atoms with Crippen LogP contribution >= 0.6 is 0 Å². The fraction of sp³-hybridized carbons (Fsp3) is 0.800. The van der Waals surface area contributed by atoms with Crippen LogP contribution in [0.3, 0.4) is 0 Å². The van der Waals surface area contributed by atoms with Gasteiger partial charge in [0.2, 0.25) is 0 Å². The van der Waals surface area contributed by atoms with Gasteiger partial charge in [-0.2, -0.15) is 0 Å². The Hall–Kier alpha value is -0.790. The van der Waals surface area contributed by atoms with E-state index in [0.717, 1.165) is 6.42 Å². The Balaban J connectivity index is 2.37. The molecule has 2 bridgehead atoms. The molecule has 3 aliphatic rings. The molecule has 1 heterocycles. The predicted molar refractivity (Wildman–Crippen MR) is 66.4 cm³/mol. The molecule has 0 aromatic carbocycles. The van der Waals surface area contributed by atoms with E-state index in [2.05, 4.69) is 41.5 Å². The minimum Gasteiger partial charge on any atom is -0.465 e. The maximum Gasteiger partial charge on any atom is 0.313 e. The highest BCUT2D eigenvalue weighted by molar-refractivity contribution is 5.84. The molecular weight excluding hydrogens is 212 g/mol. The monoisotopic (exact) mass is 234 g/mol. The molecule has 1 saturated heterocycles. The van der Waals surface area contributed by atoms with Gasteiger partial charge in [-0.05, 0) is 32.6 Å². The van der Waals surface area contributed by atoms with Crippen LogP contribution in [-0.4, -0.2) is 12.6 Å². The lowest BCUT2D eigenvalue weighted by molar-refractivity contribution is -0.150. The van der Waals surface area contributed by atoms with Gasteiger partial charge in [-0.25, -0.2) is 0 Å². The molecular formula is C15H22O2. The van der Waals surface area contributed by atoms with Gasteiger partial charge in [0.25, 0.3) is 0 Å². The molecule has 1 aliphatic heterocycles. The minimum atomic E-state index is -0.349. The van der Waals surface area contributed by atoms with Crippen LogP contribution in [0.2, 0.25) is 0 Å². The van der Waals surface area contributed by atoms with Gasteiger partial charge in [-0.15, -0.1) is 0 Å². The van der Waals surface area contributed by atoms with E-state index in [-0.39, 0.29) is 27.6 Å². The highest BCUT2D eigenvalue weighted by Crippen LogP contribution is 2.81. The molecule has 0 amide bonds. The van der Waals surface area contributed by atoms with Crippen molar-refractivity contribution in [1.29, 1.82) is 0 Å². The van der Waals surface area contributed by atoms with Crippen molar-refractivity contribution in [2.24, 2.45) is 21.7 Å². The van der Waals surface area contributed by atoms with E-state index in [4.69, 9.17) is 4.74 Å². The van der Waals surface area contributed by atoms with Crippen molar-refractivity contribution < 1.29 is 9.53 Å². The summed E-state index contributed by atoms with van der Waals surface area (Å²) in [6, 6.07) is 0. The number of cyclic esters (lactones) is 1. The van der Waals surface area contributed by atoms with Crippen molar-refractivity contribution in [2.75, 3.05) is 6.61 Å². The van der Waals surface area contributed by atoms with Gasteiger partial charge in [0.15, 0.2) is 0 Å². The average Bonchev–Trinajstić information content (AvgIpc) is 2.67. The van der Waals surface area contributed by atoms with E-state index < -0.39 is 0 Å². The van der Waals surface area contributed by atoms with Crippen LogP contribution in [0, 0.1) is 21.7 Å². The highest BCUT2D eigenvalue weighted by Gasteiger charge is 2.80. The maximum atomic E-state index is 12.3. The molecule has 0 aromatic rings. The Kier molecular flexibility index (Phi) is 1.65. The van der Waals surface area contributed by atoms with E-state index in [1.54, 1.807) is 0 Å². The van der Waals surface area contributed by atoms with E-state index in [1.807, 2.05) is 0 Å². The molecule has 0 aromatic heterocycles. The first-order valence-electron chi connectivity index (χ1n) is 6.51. The van der Waals surface area contributed by atoms with Gasteiger partial charge in [-0.1, -0.05) is 31.9 Å². The SMILES string of the molecule is CC1=C(C)C2(C)CC1(C)C1(C)COC(=O)C21C. The zero-order valence-corrected chi connectivity index (χ0v) is 11.7. The molecule has 1 saturated carbocycles. The van der Waals surface area contributed by atoms with Crippen molar-refractivity contribution >= 4 is 5.97 Å². The number of hydrogen-bond acceptors (Lipinski definition) is 2. The molecule has 2 aliphatic carbocycles. The van der Waals surface area contributed by atoms with Gasteiger partial charge in [0, 0.05) is 10.8 Å². The molecule has 0 radical (unpaired) electrons. The van der Waals surface area contributed by atoms with Crippen LogP contribution in [-0.2, 0) is 9.53 Å². The number of rotatable bonds is 0. The summed E-state index contributed by atoms with van der Waals surface area (Å²) in [6.45, 7) is 14.0. The third-order valence-corrected chi connectivity index (χ3v) is 7.25. The molecule has 4 atom stereocenters. The van der Waals surface area contributed by atoms with Crippen molar-refractivity contribution in [2.45, 2.75) is 48.0 Å². The first kappa shape index (κ1) is 11.3. The summed E-state index contributed by atoms with van der Waals surface area (Å²) in [5.41, 5.74) is 2.60. The first-order chi connectivity index (χ1) is 7.65. The number of carbonyl (C=O) groups is 1. The van der Waals surface area contributed by atoms with Crippen LogP contribution in [0.1, 0.15) is 48.0 Å². The molecule has 2 heteroatoms. The smallest absolute Gasteiger partial charge is 0.313 e. The molecule has 0 N–H and O–H groups in total. The second kappa shape index (κ2) is 2.48. The first-order valence-corrected chi connectivity index (χ1v) is 6.51. The summed E-state index contributed by atoms with van der Waals surface area (Å²) >= 11 is 0. The van der Waals surface area contributed by atoms with Gasteiger partial charge < -0.3 is 4.74 Å².